The molecule has 0 bridgehead atoms. The molecule has 0 unspecified atom stereocenters. The Hall–Kier alpha value is -7.95. The maximum absolute atomic E-state index is 5.30. The number of allylic oxidation sites excluding steroid dienone is 8. The summed E-state index contributed by atoms with van der Waals surface area (Å²) in [6, 6.07) is 59.9. The number of aromatic nitrogens is 4. The molecule has 0 atom stereocenters. The molecular formula is C57H42N4. The number of benzene rings is 7. The number of fused-ring (bicyclic) bond motifs is 3. The van der Waals surface area contributed by atoms with Gasteiger partial charge in [-0.05, 0) is 70.5 Å². The van der Waals surface area contributed by atoms with Gasteiger partial charge in [-0.15, -0.1) is 0 Å². The number of rotatable bonds is 10. The minimum Gasteiger partial charge on any atom is -0.308 e. The number of para-hydroxylation sites is 2. The van der Waals surface area contributed by atoms with E-state index >= 15 is 0 Å². The SMILES string of the molecule is C=C/C=C(\C=C)c1ccc(-c2nc(-c3ccc(-c4ccccc4)cc3)nc(-c3cc(C4=CCCC=C4)c(-n4c5ccccc5c5ccccc54)c(-c4ccccc4)c3)n2)cc1. The van der Waals surface area contributed by atoms with Crippen molar-refractivity contribution >= 4 is 33.0 Å². The van der Waals surface area contributed by atoms with Crippen molar-refractivity contribution in [3.63, 3.8) is 0 Å². The number of hydrogen-bond acceptors (Lipinski definition) is 3. The lowest BCUT2D eigenvalue weighted by molar-refractivity contribution is 1.04. The Bertz CT molecular complexity index is 3130. The second-order valence-electron chi connectivity index (χ2n) is 15.2. The van der Waals surface area contributed by atoms with Crippen molar-refractivity contribution in [1.29, 1.82) is 0 Å². The first-order chi connectivity index (χ1) is 30.2. The van der Waals surface area contributed by atoms with Gasteiger partial charge in [-0.1, -0.05) is 195 Å². The zero-order chi connectivity index (χ0) is 41.1. The fourth-order valence-corrected chi connectivity index (χ4v) is 8.47. The second-order valence-corrected chi connectivity index (χ2v) is 15.2. The molecule has 7 aromatic carbocycles. The van der Waals surface area contributed by atoms with E-state index in [9.17, 15) is 0 Å². The lowest BCUT2D eigenvalue weighted by Gasteiger charge is -2.22. The normalized spacial score (nSPS) is 12.7. The summed E-state index contributed by atoms with van der Waals surface area (Å²) in [6.07, 6.45) is 14.5. The standard InChI is InChI=1S/C57H42N4/c1-3-18-39(4-2)41-29-33-45(34-30-41)55-58-56(46-35-31-42(32-36-46)40-19-8-5-9-20-40)60-57(59-55)47-37-50(43-21-10-6-11-22-43)54(51(38-47)44-23-12-7-13-24-44)61-52-27-16-14-25-48(52)49-26-15-17-28-53(49)61/h3-6,8-12,14-38H,1-2,7,13H2/b39-18+. The topological polar surface area (TPSA) is 43.6 Å². The summed E-state index contributed by atoms with van der Waals surface area (Å²) >= 11 is 0. The van der Waals surface area contributed by atoms with Crippen LogP contribution in [0.1, 0.15) is 24.0 Å². The van der Waals surface area contributed by atoms with Gasteiger partial charge in [-0.2, -0.15) is 0 Å². The Morgan fingerprint density at radius 1 is 0.492 bits per heavy atom. The van der Waals surface area contributed by atoms with E-state index in [0.717, 1.165) is 85.2 Å². The van der Waals surface area contributed by atoms with E-state index in [1.165, 1.54) is 16.3 Å². The summed E-state index contributed by atoms with van der Waals surface area (Å²) in [4.78, 5) is 15.7. The minimum absolute atomic E-state index is 0.595. The maximum atomic E-state index is 5.30. The summed E-state index contributed by atoms with van der Waals surface area (Å²) in [5, 5.41) is 2.44. The molecule has 0 amide bonds. The fourth-order valence-electron chi connectivity index (χ4n) is 8.47. The smallest absolute Gasteiger partial charge is 0.164 e. The van der Waals surface area contributed by atoms with Crippen molar-refractivity contribution in [2.24, 2.45) is 0 Å². The van der Waals surface area contributed by atoms with Crippen molar-refractivity contribution in [2.75, 3.05) is 0 Å². The Morgan fingerprint density at radius 3 is 1.57 bits per heavy atom. The van der Waals surface area contributed by atoms with Crippen LogP contribution in [0.2, 0.25) is 0 Å². The number of hydrogen-bond donors (Lipinski definition) is 0. The molecule has 1 aliphatic carbocycles. The highest BCUT2D eigenvalue weighted by atomic mass is 15.0. The Morgan fingerprint density at radius 2 is 1.00 bits per heavy atom. The van der Waals surface area contributed by atoms with Gasteiger partial charge in [-0.3, -0.25) is 0 Å². The van der Waals surface area contributed by atoms with Crippen molar-refractivity contribution in [3.05, 3.63) is 231 Å². The van der Waals surface area contributed by atoms with Gasteiger partial charge in [0.15, 0.2) is 17.5 Å². The van der Waals surface area contributed by atoms with Crippen LogP contribution in [0.15, 0.2) is 219 Å². The van der Waals surface area contributed by atoms with Gasteiger partial charge < -0.3 is 4.57 Å². The molecule has 0 radical (unpaired) electrons. The van der Waals surface area contributed by atoms with E-state index < -0.39 is 0 Å². The summed E-state index contributed by atoms with van der Waals surface area (Å²) < 4.78 is 2.45. The van der Waals surface area contributed by atoms with Crippen LogP contribution in [-0.4, -0.2) is 19.5 Å². The average molecular weight is 783 g/mol. The van der Waals surface area contributed by atoms with Crippen molar-refractivity contribution in [2.45, 2.75) is 12.8 Å². The quantitative estimate of drug-likeness (QED) is 0.130. The predicted molar refractivity (Wildman–Crippen MR) is 256 cm³/mol. The van der Waals surface area contributed by atoms with Gasteiger partial charge in [0.05, 0.1) is 16.7 Å². The first-order valence-electron chi connectivity index (χ1n) is 20.7. The van der Waals surface area contributed by atoms with Crippen LogP contribution in [0.25, 0.3) is 95.1 Å². The molecule has 290 valence electrons. The third-order valence-corrected chi connectivity index (χ3v) is 11.4. The molecule has 2 aromatic heterocycles. The van der Waals surface area contributed by atoms with Crippen LogP contribution >= 0.6 is 0 Å². The third-order valence-electron chi connectivity index (χ3n) is 11.4. The van der Waals surface area contributed by atoms with Gasteiger partial charge >= 0.3 is 0 Å². The molecule has 10 rings (SSSR count). The highest BCUT2D eigenvalue weighted by Gasteiger charge is 2.23. The van der Waals surface area contributed by atoms with Gasteiger partial charge in [0.2, 0.25) is 0 Å². The maximum Gasteiger partial charge on any atom is 0.164 e. The van der Waals surface area contributed by atoms with Gasteiger partial charge in [0.25, 0.3) is 0 Å². The van der Waals surface area contributed by atoms with Crippen molar-refractivity contribution in [3.8, 4) is 62.1 Å². The highest BCUT2D eigenvalue weighted by molar-refractivity contribution is 6.10. The molecule has 61 heavy (non-hydrogen) atoms. The van der Waals surface area contributed by atoms with Crippen LogP contribution in [0.3, 0.4) is 0 Å². The van der Waals surface area contributed by atoms with E-state index in [0.29, 0.717) is 17.5 Å². The van der Waals surface area contributed by atoms with Crippen molar-refractivity contribution in [1.82, 2.24) is 19.5 Å². The Balaban J connectivity index is 1.23. The third kappa shape index (κ3) is 7.15. The van der Waals surface area contributed by atoms with Crippen LogP contribution in [0.5, 0.6) is 0 Å². The van der Waals surface area contributed by atoms with Gasteiger partial charge in [0.1, 0.15) is 0 Å². The summed E-state index contributed by atoms with van der Waals surface area (Å²) in [5.74, 6) is 1.80. The predicted octanol–water partition coefficient (Wildman–Crippen LogP) is 14.8. The lowest BCUT2D eigenvalue weighted by Crippen LogP contribution is -2.05. The van der Waals surface area contributed by atoms with Crippen LogP contribution in [0.4, 0.5) is 0 Å². The fraction of sp³-hybridized carbons (Fsp3) is 0.0351. The van der Waals surface area contributed by atoms with E-state index in [1.807, 2.05) is 18.2 Å². The molecule has 9 aromatic rings. The van der Waals surface area contributed by atoms with Crippen LogP contribution in [0, 0.1) is 0 Å². The molecule has 2 heterocycles. The molecule has 4 heteroatoms. The molecular weight excluding hydrogens is 741 g/mol. The minimum atomic E-state index is 0.595. The monoisotopic (exact) mass is 782 g/mol. The van der Waals surface area contributed by atoms with E-state index in [1.54, 1.807) is 6.08 Å². The molecule has 4 nitrogen and oxygen atoms in total. The van der Waals surface area contributed by atoms with E-state index in [4.69, 9.17) is 15.0 Å². The first kappa shape index (κ1) is 37.3. The highest BCUT2D eigenvalue weighted by Crippen LogP contribution is 2.43. The zero-order valence-corrected chi connectivity index (χ0v) is 33.7. The number of nitrogens with zero attached hydrogens (tertiary/aromatic N) is 4. The van der Waals surface area contributed by atoms with Crippen LogP contribution < -0.4 is 0 Å². The Kier molecular flexibility index (Phi) is 10.0. The largest absolute Gasteiger partial charge is 0.308 e. The van der Waals surface area contributed by atoms with E-state index in [2.05, 4.69) is 200 Å². The van der Waals surface area contributed by atoms with Gasteiger partial charge in [-0.25, -0.2) is 15.0 Å². The lowest BCUT2D eigenvalue weighted by atomic mass is 9.90. The molecule has 0 saturated heterocycles. The van der Waals surface area contributed by atoms with Gasteiger partial charge in [0, 0.05) is 38.6 Å². The van der Waals surface area contributed by atoms with Crippen LogP contribution in [-0.2, 0) is 0 Å². The molecule has 0 aliphatic heterocycles. The summed E-state index contributed by atoms with van der Waals surface area (Å²) in [5.41, 5.74) is 14.9. The molecule has 1 aliphatic rings. The first-order valence-corrected chi connectivity index (χ1v) is 20.7. The zero-order valence-electron chi connectivity index (χ0n) is 33.7. The summed E-state index contributed by atoms with van der Waals surface area (Å²) in [7, 11) is 0. The van der Waals surface area contributed by atoms with E-state index in [-0.39, 0.29) is 0 Å². The molecule has 0 N–H and O–H groups in total. The average Bonchev–Trinajstić information content (AvgIpc) is 3.67. The second kappa shape index (κ2) is 16.4. The summed E-state index contributed by atoms with van der Waals surface area (Å²) in [6.45, 7) is 7.90. The molecule has 0 spiro atoms. The molecule has 0 fully saturated rings. The molecule has 0 saturated carbocycles. The Labute approximate surface area is 356 Å². The van der Waals surface area contributed by atoms with Crippen molar-refractivity contribution < 1.29 is 0 Å².